The molecule has 0 aliphatic heterocycles. The zero-order chi connectivity index (χ0) is 9.84. The summed E-state index contributed by atoms with van der Waals surface area (Å²) in [6, 6.07) is 5.99. The minimum absolute atomic E-state index is 0.140. The van der Waals surface area contributed by atoms with Gasteiger partial charge >= 0.3 is 0 Å². The molecule has 0 aliphatic carbocycles. The Labute approximate surface area is 78.8 Å². The molecule has 0 radical (unpaired) electrons. The van der Waals surface area contributed by atoms with Gasteiger partial charge in [-0.2, -0.15) is 0 Å². The third-order valence-corrected chi connectivity index (χ3v) is 2.47. The van der Waals surface area contributed by atoms with Crippen LogP contribution in [0.5, 0.6) is 0 Å². The van der Waals surface area contributed by atoms with Crippen LogP contribution in [0, 0.1) is 13.8 Å². The molecular formula is C11H16FN. The van der Waals surface area contributed by atoms with Gasteiger partial charge in [-0.3, -0.25) is 4.39 Å². The number of hydrogen-bond acceptors (Lipinski definition) is 1. The van der Waals surface area contributed by atoms with E-state index in [2.05, 4.69) is 0 Å². The second-order valence-corrected chi connectivity index (χ2v) is 3.43. The Hall–Kier alpha value is -0.890. The first-order chi connectivity index (χ1) is 6.19. The van der Waals surface area contributed by atoms with Crippen LogP contribution in [-0.2, 0) is 0 Å². The Morgan fingerprint density at radius 2 is 2.00 bits per heavy atom. The van der Waals surface area contributed by atoms with Crippen LogP contribution in [0.2, 0.25) is 0 Å². The van der Waals surface area contributed by atoms with Crippen LogP contribution in [-0.4, -0.2) is 13.2 Å². The van der Waals surface area contributed by atoms with E-state index in [-0.39, 0.29) is 12.6 Å². The van der Waals surface area contributed by atoms with E-state index in [0.29, 0.717) is 6.54 Å². The Bertz CT molecular complexity index is 279. The fourth-order valence-corrected chi connectivity index (χ4v) is 1.31. The van der Waals surface area contributed by atoms with Gasteiger partial charge in [-0.15, -0.1) is 0 Å². The van der Waals surface area contributed by atoms with Gasteiger partial charge in [-0.25, -0.2) is 0 Å². The number of rotatable bonds is 3. The quantitative estimate of drug-likeness (QED) is 0.760. The standard InChI is InChI=1S/C11H16FN/c1-8-3-4-10(5-9(8)2)11(6-12)7-13/h3-5,11H,6-7,13H2,1-2H3. The van der Waals surface area contributed by atoms with E-state index in [4.69, 9.17) is 5.73 Å². The van der Waals surface area contributed by atoms with Crippen molar-refractivity contribution in [2.75, 3.05) is 13.2 Å². The summed E-state index contributed by atoms with van der Waals surface area (Å²) in [5, 5.41) is 0. The predicted octanol–water partition coefficient (Wildman–Crippen LogP) is 2.32. The molecular weight excluding hydrogens is 165 g/mol. The predicted molar refractivity (Wildman–Crippen MR) is 53.7 cm³/mol. The number of nitrogens with two attached hydrogens (primary N) is 1. The molecule has 2 heteroatoms. The van der Waals surface area contributed by atoms with E-state index in [9.17, 15) is 4.39 Å². The van der Waals surface area contributed by atoms with Crippen molar-refractivity contribution < 1.29 is 4.39 Å². The summed E-state index contributed by atoms with van der Waals surface area (Å²) in [6.45, 7) is 4.08. The van der Waals surface area contributed by atoms with Crippen molar-refractivity contribution in [3.63, 3.8) is 0 Å². The lowest BCUT2D eigenvalue weighted by Gasteiger charge is -2.12. The number of aryl methyl sites for hydroxylation is 2. The summed E-state index contributed by atoms with van der Waals surface area (Å²) in [5.74, 6) is -0.140. The largest absolute Gasteiger partial charge is 0.330 e. The second kappa shape index (κ2) is 4.38. The van der Waals surface area contributed by atoms with Gasteiger partial charge in [0.15, 0.2) is 0 Å². The molecule has 0 fully saturated rings. The molecule has 13 heavy (non-hydrogen) atoms. The minimum Gasteiger partial charge on any atom is -0.330 e. The third kappa shape index (κ3) is 2.28. The minimum atomic E-state index is -0.376. The smallest absolute Gasteiger partial charge is 0.0975 e. The highest BCUT2D eigenvalue weighted by atomic mass is 19.1. The van der Waals surface area contributed by atoms with Crippen LogP contribution >= 0.6 is 0 Å². The van der Waals surface area contributed by atoms with Gasteiger partial charge < -0.3 is 5.73 Å². The van der Waals surface area contributed by atoms with Gasteiger partial charge in [0.25, 0.3) is 0 Å². The van der Waals surface area contributed by atoms with Crippen molar-refractivity contribution in [3.8, 4) is 0 Å². The molecule has 1 unspecified atom stereocenters. The fraction of sp³-hybridized carbons (Fsp3) is 0.455. The zero-order valence-corrected chi connectivity index (χ0v) is 8.18. The Kier molecular flexibility index (Phi) is 3.43. The summed E-state index contributed by atoms with van der Waals surface area (Å²) in [4.78, 5) is 0. The zero-order valence-electron chi connectivity index (χ0n) is 8.18. The van der Waals surface area contributed by atoms with Crippen molar-refractivity contribution in [2.24, 2.45) is 5.73 Å². The maximum atomic E-state index is 12.5. The summed E-state index contributed by atoms with van der Waals surface area (Å²) in [5.41, 5.74) is 8.90. The first-order valence-corrected chi connectivity index (χ1v) is 4.52. The van der Waals surface area contributed by atoms with Crippen molar-refractivity contribution in [1.29, 1.82) is 0 Å². The van der Waals surface area contributed by atoms with Crippen molar-refractivity contribution in [1.82, 2.24) is 0 Å². The van der Waals surface area contributed by atoms with E-state index >= 15 is 0 Å². The average molecular weight is 181 g/mol. The van der Waals surface area contributed by atoms with Gasteiger partial charge in [-0.05, 0) is 30.5 Å². The molecule has 0 spiro atoms. The normalized spacial score (nSPS) is 12.9. The van der Waals surface area contributed by atoms with E-state index in [0.717, 1.165) is 5.56 Å². The second-order valence-electron chi connectivity index (χ2n) is 3.43. The van der Waals surface area contributed by atoms with E-state index < -0.39 is 0 Å². The van der Waals surface area contributed by atoms with E-state index in [1.165, 1.54) is 11.1 Å². The van der Waals surface area contributed by atoms with Gasteiger partial charge in [-0.1, -0.05) is 18.2 Å². The highest BCUT2D eigenvalue weighted by molar-refractivity contribution is 5.32. The third-order valence-electron chi connectivity index (χ3n) is 2.47. The van der Waals surface area contributed by atoms with Crippen LogP contribution in [0.25, 0.3) is 0 Å². The Morgan fingerprint density at radius 3 is 2.46 bits per heavy atom. The molecule has 0 saturated carbocycles. The van der Waals surface area contributed by atoms with Crippen LogP contribution in [0.4, 0.5) is 4.39 Å². The molecule has 2 N–H and O–H groups in total. The van der Waals surface area contributed by atoms with Gasteiger partial charge in [0, 0.05) is 12.5 Å². The van der Waals surface area contributed by atoms with Crippen molar-refractivity contribution in [3.05, 3.63) is 34.9 Å². The molecule has 1 atom stereocenters. The Balaban J connectivity index is 2.95. The number of halogens is 1. The van der Waals surface area contributed by atoms with Gasteiger partial charge in [0.05, 0.1) is 6.67 Å². The molecule has 1 nitrogen and oxygen atoms in total. The van der Waals surface area contributed by atoms with Crippen LogP contribution < -0.4 is 5.73 Å². The Morgan fingerprint density at radius 1 is 1.31 bits per heavy atom. The number of hydrogen-bond donors (Lipinski definition) is 1. The first kappa shape index (κ1) is 10.2. The molecule has 0 aromatic heterocycles. The molecule has 0 amide bonds. The molecule has 0 saturated heterocycles. The van der Waals surface area contributed by atoms with Crippen LogP contribution in [0.3, 0.4) is 0 Å². The lowest BCUT2D eigenvalue weighted by molar-refractivity contribution is 0.434. The van der Waals surface area contributed by atoms with E-state index in [1.807, 2.05) is 32.0 Å². The van der Waals surface area contributed by atoms with Gasteiger partial charge in [0.2, 0.25) is 0 Å². The van der Waals surface area contributed by atoms with Crippen molar-refractivity contribution >= 4 is 0 Å². The molecule has 0 heterocycles. The molecule has 1 aromatic carbocycles. The van der Waals surface area contributed by atoms with E-state index in [1.54, 1.807) is 0 Å². The maximum absolute atomic E-state index is 12.5. The highest BCUT2D eigenvalue weighted by Crippen LogP contribution is 2.18. The molecule has 1 rings (SSSR count). The monoisotopic (exact) mass is 181 g/mol. The lowest BCUT2D eigenvalue weighted by atomic mass is 9.97. The maximum Gasteiger partial charge on any atom is 0.0975 e. The topological polar surface area (TPSA) is 26.0 Å². The van der Waals surface area contributed by atoms with Crippen LogP contribution in [0.1, 0.15) is 22.6 Å². The average Bonchev–Trinajstić information content (AvgIpc) is 2.13. The van der Waals surface area contributed by atoms with Gasteiger partial charge in [0.1, 0.15) is 0 Å². The SMILES string of the molecule is Cc1ccc(C(CN)CF)cc1C. The first-order valence-electron chi connectivity index (χ1n) is 4.52. The van der Waals surface area contributed by atoms with Crippen molar-refractivity contribution in [2.45, 2.75) is 19.8 Å². The molecule has 0 bridgehead atoms. The van der Waals surface area contributed by atoms with Crippen LogP contribution in [0.15, 0.2) is 18.2 Å². The lowest BCUT2D eigenvalue weighted by Crippen LogP contribution is -2.14. The summed E-state index contributed by atoms with van der Waals surface area (Å²) < 4.78 is 12.5. The fourth-order valence-electron chi connectivity index (χ4n) is 1.31. The summed E-state index contributed by atoms with van der Waals surface area (Å²) in [7, 11) is 0. The number of alkyl halides is 1. The summed E-state index contributed by atoms with van der Waals surface area (Å²) >= 11 is 0. The highest BCUT2D eigenvalue weighted by Gasteiger charge is 2.09. The molecule has 72 valence electrons. The number of benzene rings is 1. The molecule has 1 aromatic rings. The molecule has 0 aliphatic rings. The summed E-state index contributed by atoms with van der Waals surface area (Å²) in [6.07, 6.45) is 0.